The third-order valence-electron chi connectivity index (χ3n) is 4.38. The summed E-state index contributed by atoms with van der Waals surface area (Å²) in [5.74, 6) is -0.800. The van der Waals surface area contributed by atoms with Gasteiger partial charge >= 0.3 is 5.97 Å². The number of benzene rings is 1. The molecule has 1 aliphatic heterocycles. The molecule has 0 saturated heterocycles. The van der Waals surface area contributed by atoms with Crippen LogP contribution in [0.25, 0.3) is 10.9 Å². The highest BCUT2D eigenvalue weighted by molar-refractivity contribution is 6.27. The smallest absolute Gasteiger partial charge is 0.329 e. The zero-order valence-electron chi connectivity index (χ0n) is 13.1. The Labute approximate surface area is 139 Å². The standard InChI is InChI=1S/C17H19ClN2O3/c1-3-23-17(22)14-8-12-11-6-4-5-7-13(11)19-16(12)10(2)20(14)15(21)9-18/h4-7,10,14,19H,3,8-9H2,1-2H3. The first kappa shape index (κ1) is 15.9. The Bertz CT molecular complexity index is 755. The number of aromatic amines is 1. The second kappa shape index (κ2) is 6.24. The van der Waals surface area contributed by atoms with Crippen molar-refractivity contribution in [1.82, 2.24) is 9.88 Å². The van der Waals surface area contributed by atoms with Gasteiger partial charge in [-0.25, -0.2) is 4.79 Å². The fourth-order valence-electron chi connectivity index (χ4n) is 3.39. The number of amides is 1. The van der Waals surface area contributed by atoms with Crippen LogP contribution in [0.2, 0.25) is 0 Å². The van der Waals surface area contributed by atoms with Gasteiger partial charge in [-0.1, -0.05) is 18.2 Å². The van der Waals surface area contributed by atoms with Crippen LogP contribution in [0.1, 0.15) is 31.1 Å². The van der Waals surface area contributed by atoms with Crippen LogP contribution in [0.4, 0.5) is 0 Å². The summed E-state index contributed by atoms with van der Waals surface area (Å²) in [5.41, 5.74) is 3.04. The van der Waals surface area contributed by atoms with Gasteiger partial charge in [-0.15, -0.1) is 11.6 Å². The third-order valence-corrected chi connectivity index (χ3v) is 4.60. The molecule has 2 unspecified atom stereocenters. The van der Waals surface area contributed by atoms with Crippen LogP contribution < -0.4 is 0 Å². The molecule has 0 bridgehead atoms. The minimum atomic E-state index is -0.636. The van der Waals surface area contributed by atoms with Crippen molar-refractivity contribution in [3.05, 3.63) is 35.5 Å². The van der Waals surface area contributed by atoms with Crippen molar-refractivity contribution in [2.45, 2.75) is 32.4 Å². The Hall–Kier alpha value is -2.01. The van der Waals surface area contributed by atoms with E-state index in [-0.39, 0.29) is 30.4 Å². The number of ether oxygens (including phenoxy) is 1. The lowest BCUT2D eigenvalue weighted by Gasteiger charge is -2.38. The Balaban J connectivity index is 2.10. The maximum atomic E-state index is 12.4. The maximum Gasteiger partial charge on any atom is 0.329 e. The van der Waals surface area contributed by atoms with Gasteiger partial charge in [0.15, 0.2) is 0 Å². The molecule has 0 fully saturated rings. The van der Waals surface area contributed by atoms with Crippen molar-refractivity contribution in [1.29, 1.82) is 0 Å². The fraction of sp³-hybridized carbons (Fsp3) is 0.412. The van der Waals surface area contributed by atoms with Crippen molar-refractivity contribution in [3.8, 4) is 0 Å². The Morgan fingerprint density at radius 3 is 2.83 bits per heavy atom. The van der Waals surface area contributed by atoms with Crippen LogP contribution in [0.3, 0.4) is 0 Å². The summed E-state index contributed by atoms with van der Waals surface area (Å²) < 4.78 is 5.17. The van der Waals surface area contributed by atoms with Crippen molar-refractivity contribution in [2.24, 2.45) is 0 Å². The lowest BCUT2D eigenvalue weighted by molar-refractivity contribution is -0.156. The number of nitrogens with zero attached hydrogens (tertiary/aromatic N) is 1. The van der Waals surface area contributed by atoms with Crippen molar-refractivity contribution >= 4 is 34.4 Å². The number of aromatic nitrogens is 1. The van der Waals surface area contributed by atoms with Crippen LogP contribution in [0, 0.1) is 0 Å². The normalized spacial score (nSPS) is 20.4. The van der Waals surface area contributed by atoms with Gasteiger partial charge < -0.3 is 14.6 Å². The van der Waals surface area contributed by atoms with Crippen LogP contribution in [-0.4, -0.2) is 40.3 Å². The summed E-state index contributed by atoms with van der Waals surface area (Å²) in [6.07, 6.45) is 0.436. The van der Waals surface area contributed by atoms with Gasteiger partial charge in [0.2, 0.25) is 5.91 Å². The number of esters is 1. The number of halogens is 1. The molecular formula is C17H19ClN2O3. The molecule has 2 atom stereocenters. The molecule has 2 aromatic rings. The zero-order chi connectivity index (χ0) is 16.6. The summed E-state index contributed by atoms with van der Waals surface area (Å²) in [4.78, 5) is 29.6. The Morgan fingerprint density at radius 1 is 1.39 bits per heavy atom. The highest BCUT2D eigenvalue weighted by Gasteiger charge is 2.41. The molecule has 1 amide bonds. The fourth-order valence-corrected chi connectivity index (χ4v) is 3.53. The van der Waals surface area contributed by atoms with E-state index in [9.17, 15) is 9.59 Å². The summed E-state index contributed by atoms with van der Waals surface area (Å²) in [5, 5.41) is 1.08. The molecular weight excluding hydrogens is 316 g/mol. The Kier molecular flexibility index (Phi) is 4.31. The first-order valence-electron chi connectivity index (χ1n) is 7.71. The van der Waals surface area contributed by atoms with Crippen molar-refractivity contribution in [3.63, 3.8) is 0 Å². The Morgan fingerprint density at radius 2 is 2.13 bits per heavy atom. The molecule has 0 radical (unpaired) electrons. The van der Waals surface area contributed by atoms with Gasteiger partial charge in [-0.2, -0.15) is 0 Å². The molecule has 6 heteroatoms. The largest absolute Gasteiger partial charge is 0.464 e. The zero-order valence-corrected chi connectivity index (χ0v) is 13.9. The average Bonchev–Trinajstić information content (AvgIpc) is 2.93. The predicted octanol–water partition coefficient (Wildman–Crippen LogP) is 2.78. The van der Waals surface area contributed by atoms with E-state index in [1.54, 1.807) is 11.8 Å². The molecule has 23 heavy (non-hydrogen) atoms. The SMILES string of the molecule is CCOC(=O)C1Cc2c([nH]c3ccccc23)C(C)N1C(=O)CCl. The number of nitrogens with one attached hydrogen (secondary N) is 1. The molecule has 3 rings (SSSR count). The van der Waals surface area contributed by atoms with E-state index in [0.29, 0.717) is 6.42 Å². The predicted molar refractivity (Wildman–Crippen MR) is 88.4 cm³/mol. The molecule has 1 N–H and O–H groups in total. The first-order chi connectivity index (χ1) is 11.1. The van der Waals surface area contributed by atoms with Gasteiger partial charge in [0, 0.05) is 23.0 Å². The van der Waals surface area contributed by atoms with Gasteiger partial charge in [0.05, 0.1) is 12.6 Å². The molecule has 0 aliphatic carbocycles. The second-order valence-corrected chi connectivity index (χ2v) is 5.91. The molecule has 5 nitrogen and oxygen atoms in total. The molecule has 1 aromatic heterocycles. The number of carbonyl (C=O) groups is 2. The summed E-state index contributed by atoms with van der Waals surface area (Å²) in [6, 6.07) is 7.05. The lowest BCUT2D eigenvalue weighted by Crippen LogP contribution is -2.51. The number of fused-ring (bicyclic) bond motifs is 3. The second-order valence-electron chi connectivity index (χ2n) is 5.65. The number of carbonyl (C=O) groups excluding carboxylic acids is 2. The van der Waals surface area contributed by atoms with Gasteiger partial charge in [0.25, 0.3) is 0 Å². The van der Waals surface area contributed by atoms with Gasteiger partial charge in [-0.3, -0.25) is 4.79 Å². The number of hydrogen-bond acceptors (Lipinski definition) is 3. The highest BCUT2D eigenvalue weighted by Crippen LogP contribution is 2.37. The molecule has 0 saturated carbocycles. The topological polar surface area (TPSA) is 62.4 Å². The van der Waals surface area contributed by atoms with Crippen LogP contribution in [0.5, 0.6) is 0 Å². The van der Waals surface area contributed by atoms with Crippen LogP contribution in [0.15, 0.2) is 24.3 Å². The average molecular weight is 335 g/mol. The van der Waals surface area contributed by atoms with Crippen molar-refractivity contribution < 1.29 is 14.3 Å². The number of hydrogen-bond donors (Lipinski definition) is 1. The monoisotopic (exact) mass is 334 g/mol. The van der Waals surface area contributed by atoms with E-state index in [1.165, 1.54) is 0 Å². The number of H-pyrrole nitrogens is 1. The molecule has 1 aliphatic rings. The van der Waals surface area contributed by atoms with E-state index in [2.05, 4.69) is 4.98 Å². The van der Waals surface area contributed by atoms with E-state index in [4.69, 9.17) is 16.3 Å². The number of alkyl halides is 1. The third kappa shape index (κ3) is 2.59. The first-order valence-corrected chi connectivity index (χ1v) is 8.25. The minimum absolute atomic E-state index is 0.157. The van der Waals surface area contributed by atoms with Gasteiger partial charge in [0.1, 0.15) is 11.9 Å². The van der Waals surface area contributed by atoms with Gasteiger partial charge in [-0.05, 0) is 25.5 Å². The molecule has 122 valence electrons. The van der Waals surface area contributed by atoms with E-state index < -0.39 is 6.04 Å². The van der Waals surface area contributed by atoms with E-state index >= 15 is 0 Å². The molecule has 2 heterocycles. The quantitative estimate of drug-likeness (QED) is 0.693. The summed E-state index contributed by atoms with van der Waals surface area (Å²) in [7, 11) is 0. The summed E-state index contributed by atoms with van der Waals surface area (Å²) in [6.45, 7) is 3.95. The number of para-hydroxylation sites is 1. The highest BCUT2D eigenvalue weighted by atomic mass is 35.5. The van der Waals surface area contributed by atoms with E-state index in [0.717, 1.165) is 22.2 Å². The number of rotatable bonds is 3. The molecule has 1 aromatic carbocycles. The van der Waals surface area contributed by atoms with E-state index in [1.807, 2.05) is 31.2 Å². The summed E-state index contributed by atoms with van der Waals surface area (Å²) >= 11 is 5.75. The molecule has 0 spiro atoms. The lowest BCUT2D eigenvalue weighted by atomic mass is 9.92. The van der Waals surface area contributed by atoms with Crippen molar-refractivity contribution in [2.75, 3.05) is 12.5 Å². The minimum Gasteiger partial charge on any atom is -0.464 e. The van der Waals surface area contributed by atoms with Crippen LogP contribution >= 0.6 is 11.6 Å². The van der Waals surface area contributed by atoms with Crippen LogP contribution in [-0.2, 0) is 20.7 Å². The maximum absolute atomic E-state index is 12.4.